The van der Waals surface area contributed by atoms with Gasteiger partial charge in [-0.15, -0.1) is 0 Å². The number of nitrogens with two attached hydrogens (primary N) is 1. The number of hydrogen-bond donors (Lipinski definition) is 1. The highest BCUT2D eigenvalue weighted by atomic mass is 32.2. The van der Waals surface area contributed by atoms with Crippen molar-refractivity contribution in [2.24, 2.45) is 7.05 Å². The number of anilines is 1. The Balaban J connectivity index is 2.19. The summed E-state index contributed by atoms with van der Waals surface area (Å²) in [6.45, 7) is 0. The zero-order valence-electron chi connectivity index (χ0n) is 9.26. The van der Waals surface area contributed by atoms with Gasteiger partial charge >= 0.3 is 0 Å². The third kappa shape index (κ3) is 2.91. The van der Waals surface area contributed by atoms with Crippen molar-refractivity contribution in [3.05, 3.63) is 42.0 Å². The van der Waals surface area contributed by atoms with Crippen LogP contribution in [0.5, 0.6) is 0 Å². The molecule has 1 heterocycles. The molecule has 1 atom stereocenters. The molecule has 2 rings (SSSR count). The van der Waals surface area contributed by atoms with Crippen molar-refractivity contribution in [3.63, 3.8) is 0 Å². The molecule has 0 fully saturated rings. The van der Waals surface area contributed by atoms with Crippen molar-refractivity contribution in [2.75, 3.05) is 5.73 Å². The second-order valence-corrected chi connectivity index (χ2v) is 5.14. The lowest BCUT2D eigenvalue weighted by Crippen LogP contribution is -2.00. The van der Waals surface area contributed by atoms with Crippen LogP contribution in [0.4, 0.5) is 10.1 Å². The van der Waals surface area contributed by atoms with Crippen LogP contribution >= 0.6 is 0 Å². The first-order valence-corrected chi connectivity index (χ1v) is 6.29. The predicted octanol–water partition coefficient (Wildman–Crippen LogP) is 1.45. The van der Waals surface area contributed by atoms with Crippen molar-refractivity contribution in [1.82, 2.24) is 9.78 Å². The van der Waals surface area contributed by atoms with Gasteiger partial charge in [-0.1, -0.05) is 0 Å². The highest BCUT2D eigenvalue weighted by Gasteiger charge is 2.09. The third-order valence-electron chi connectivity index (χ3n) is 2.20. The summed E-state index contributed by atoms with van der Waals surface area (Å²) in [7, 11) is 0.447. The molecule has 2 aromatic rings. The van der Waals surface area contributed by atoms with Gasteiger partial charge in [0, 0.05) is 23.8 Å². The quantitative estimate of drug-likeness (QED) is 0.842. The van der Waals surface area contributed by atoms with Gasteiger partial charge < -0.3 is 5.73 Å². The molecule has 1 unspecified atom stereocenters. The number of benzene rings is 1. The molecule has 6 heteroatoms. The molecule has 0 bridgehead atoms. The first-order chi connectivity index (χ1) is 8.04. The molecule has 0 aliphatic rings. The van der Waals surface area contributed by atoms with Crippen LogP contribution in [0, 0.1) is 5.82 Å². The highest BCUT2D eigenvalue weighted by molar-refractivity contribution is 7.84. The lowest BCUT2D eigenvalue weighted by Gasteiger charge is -2.02. The Bertz CT molecular complexity index is 547. The van der Waals surface area contributed by atoms with Crippen LogP contribution in [0.25, 0.3) is 0 Å². The third-order valence-corrected chi connectivity index (χ3v) is 3.52. The Morgan fingerprint density at radius 3 is 2.82 bits per heavy atom. The lowest BCUT2D eigenvalue weighted by atomic mass is 10.3. The fourth-order valence-electron chi connectivity index (χ4n) is 1.47. The summed E-state index contributed by atoms with van der Waals surface area (Å²) in [4.78, 5) is 0.383. The van der Waals surface area contributed by atoms with Crippen LogP contribution in [0.1, 0.15) is 5.69 Å². The predicted molar refractivity (Wildman–Crippen MR) is 64.1 cm³/mol. The molecular weight excluding hydrogens is 241 g/mol. The maximum absolute atomic E-state index is 13.1. The smallest absolute Gasteiger partial charge is 0.126 e. The number of halogens is 1. The minimum absolute atomic E-state index is 0.254. The van der Waals surface area contributed by atoms with Crippen molar-refractivity contribution < 1.29 is 8.60 Å². The topological polar surface area (TPSA) is 60.9 Å². The average Bonchev–Trinajstić information content (AvgIpc) is 2.62. The normalized spacial score (nSPS) is 12.6. The summed E-state index contributed by atoms with van der Waals surface area (Å²) < 4.78 is 26.7. The zero-order chi connectivity index (χ0) is 12.4. The number of rotatable bonds is 3. The summed E-state index contributed by atoms with van der Waals surface area (Å²) in [5.74, 6) is -0.224. The number of hydrogen-bond acceptors (Lipinski definition) is 3. The molecule has 0 aliphatic heterocycles. The van der Waals surface area contributed by atoms with Crippen LogP contribution in [-0.4, -0.2) is 14.0 Å². The number of nitrogen functional groups attached to an aromatic ring is 1. The van der Waals surface area contributed by atoms with E-state index in [1.165, 1.54) is 18.2 Å². The van der Waals surface area contributed by atoms with E-state index in [1.54, 1.807) is 24.0 Å². The van der Waals surface area contributed by atoms with E-state index in [0.29, 0.717) is 10.6 Å². The fourth-order valence-corrected chi connectivity index (χ4v) is 2.57. The Kier molecular flexibility index (Phi) is 3.23. The second kappa shape index (κ2) is 4.67. The second-order valence-electron chi connectivity index (χ2n) is 3.69. The number of aromatic nitrogens is 2. The maximum Gasteiger partial charge on any atom is 0.126 e. The Hall–Kier alpha value is -1.69. The molecule has 90 valence electrons. The molecule has 4 nitrogen and oxygen atoms in total. The van der Waals surface area contributed by atoms with Crippen LogP contribution in [0.15, 0.2) is 35.4 Å². The molecule has 0 saturated carbocycles. The van der Waals surface area contributed by atoms with Crippen LogP contribution < -0.4 is 5.73 Å². The molecular formula is C11H12FN3OS. The van der Waals surface area contributed by atoms with Crippen LogP contribution in [0.2, 0.25) is 0 Å². The lowest BCUT2D eigenvalue weighted by molar-refractivity contribution is 0.623. The van der Waals surface area contributed by atoms with Gasteiger partial charge in [0.05, 0.1) is 22.2 Å². The Morgan fingerprint density at radius 2 is 2.24 bits per heavy atom. The molecule has 0 aliphatic carbocycles. The van der Waals surface area contributed by atoms with Gasteiger partial charge in [-0.2, -0.15) is 5.10 Å². The summed E-state index contributed by atoms with van der Waals surface area (Å²) >= 11 is 0. The Labute approximate surface area is 101 Å². The molecule has 17 heavy (non-hydrogen) atoms. The first-order valence-electron chi connectivity index (χ1n) is 4.97. The minimum atomic E-state index is -1.34. The summed E-state index contributed by atoms with van der Waals surface area (Å²) in [5, 5.41) is 4.12. The highest BCUT2D eigenvalue weighted by Crippen LogP contribution is 2.16. The van der Waals surface area contributed by atoms with Crippen molar-refractivity contribution in [2.45, 2.75) is 10.6 Å². The summed E-state index contributed by atoms with van der Waals surface area (Å²) in [6.07, 6.45) is 1.77. The molecule has 0 saturated heterocycles. The van der Waals surface area contributed by atoms with Gasteiger partial charge in [-0.25, -0.2) is 4.39 Å². The van der Waals surface area contributed by atoms with E-state index < -0.39 is 16.6 Å². The molecule has 1 aromatic heterocycles. The van der Waals surface area contributed by atoms with Crippen molar-refractivity contribution in [3.8, 4) is 0 Å². The van der Waals surface area contributed by atoms with Gasteiger partial charge in [0.25, 0.3) is 0 Å². The minimum Gasteiger partial charge on any atom is -0.399 e. The van der Waals surface area contributed by atoms with E-state index in [0.717, 1.165) is 0 Å². The molecule has 0 radical (unpaired) electrons. The summed E-state index contributed by atoms with van der Waals surface area (Å²) in [6, 6.07) is 5.72. The standard InChI is InChI=1S/C11H12FN3OS/c1-15-3-2-10(14-15)7-17(16)11-5-8(12)4-9(13)6-11/h2-6H,7,13H2,1H3. The zero-order valence-corrected chi connectivity index (χ0v) is 10.1. The SMILES string of the molecule is Cn1ccc(CS(=O)c2cc(N)cc(F)c2)n1. The molecule has 0 spiro atoms. The van der Waals surface area contributed by atoms with Crippen LogP contribution in [0.3, 0.4) is 0 Å². The molecule has 2 N–H and O–H groups in total. The monoisotopic (exact) mass is 253 g/mol. The molecule has 1 aromatic carbocycles. The van der Waals surface area contributed by atoms with E-state index in [1.807, 2.05) is 0 Å². The van der Waals surface area contributed by atoms with E-state index in [2.05, 4.69) is 5.10 Å². The van der Waals surface area contributed by atoms with Gasteiger partial charge in [-0.3, -0.25) is 8.89 Å². The van der Waals surface area contributed by atoms with E-state index in [4.69, 9.17) is 5.73 Å². The van der Waals surface area contributed by atoms with E-state index >= 15 is 0 Å². The maximum atomic E-state index is 13.1. The van der Waals surface area contributed by atoms with Crippen molar-refractivity contribution >= 4 is 16.5 Å². The average molecular weight is 253 g/mol. The first kappa shape index (κ1) is 11.8. The number of aryl methyl sites for hydroxylation is 1. The van der Waals surface area contributed by atoms with E-state index in [-0.39, 0.29) is 11.4 Å². The summed E-state index contributed by atoms with van der Waals surface area (Å²) in [5.41, 5.74) is 6.48. The van der Waals surface area contributed by atoms with Gasteiger partial charge in [-0.05, 0) is 24.3 Å². The van der Waals surface area contributed by atoms with Crippen molar-refractivity contribution in [1.29, 1.82) is 0 Å². The van der Waals surface area contributed by atoms with Gasteiger partial charge in [0.15, 0.2) is 0 Å². The Morgan fingerprint density at radius 1 is 1.47 bits per heavy atom. The van der Waals surface area contributed by atoms with E-state index in [9.17, 15) is 8.60 Å². The van der Waals surface area contributed by atoms with Crippen LogP contribution in [-0.2, 0) is 23.6 Å². The fraction of sp³-hybridized carbons (Fsp3) is 0.182. The largest absolute Gasteiger partial charge is 0.399 e. The molecule has 0 amide bonds. The van der Waals surface area contributed by atoms with Gasteiger partial charge in [0.2, 0.25) is 0 Å². The number of nitrogens with zero attached hydrogens (tertiary/aromatic N) is 2. The van der Waals surface area contributed by atoms with Gasteiger partial charge in [0.1, 0.15) is 5.82 Å².